The van der Waals surface area contributed by atoms with Crippen molar-refractivity contribution in [3.63, 3.8) is 0 Å². The van der Waals surface area contributed by atoms with Gasteiger partial charge in [0.2, 0.25) is 5.79 Å². The Labute approximate surface area is 96.6 Å². The molecule has 1 aliphatic rings. The first-order chi connectivity index (χ1) is 7.62. The van der Waals surface area contributed by atoms with E-state index in [1.807, 2.05) is 6.79 Å². The number of carbonyl (C=O) groups is 2. The lowest BCUT2D eigenvalue weighted by Gasteiger charge is -2.19. The summed E-state index contributed by atoms with van der Waals surface area (Å²) in [7, 11) is 0. The molecular formula is C10H12O5S. The number of hydrogen-bond acceptors (Lipinski definition) is 5. The number of rotatable bonds is 2. The first kappa shape index (κ1) is 12.8. The molecule has 6 heteroatoms. The Morgan fingerprint density at radius 2 is 2.06 bits per heavy atom. The van der Waals surface area contributed by atoms with Gasteiger partial charge in [0.25, 0.3) is 0 Å². The van der Waals surface area contributed by atoms with Gasteiger partial charge < -0.3 is 19.4 Å². The Balaban J connectivity index is 0.000000606. The molecule has 1 aromatic rings. The van der Waals surface area contributed by atoms with Crippen molar-refractivity contribution in [2.75, 3.05) is 13.2 Å². The zero-order valence-corrected chi connectivity index (χ0v) is 9.58. The van der Waals surface area contributed by atoms with E-state index in [-0.39, 0.29) is 5.56 Å². The molecule has 1 N–H and O–H groups in total. The number of ether oxygens (including phenoxy) is 2. The van der Waals surface area contributed by atoms with Gasteiger partial charge in [-0.3, -0.25) is 0 Å². The van der Waals surface area contributed by atoms with Crippen LogP contribution < -0.4 is 0 Å². The van der Waals surface area contributed by atoms with Crippen LogP contribution in [-0.2, 0) is 20.1 Å². The van der Waals surface area contributed by atoms with E-state index in [4.69, 9.17) is 19.4 Å². The van der Waals surface area contributed by atoms with E-state index >= 15 is 0 Å². The molecule has 88 valence electrons. The maximum absolute atomic E-state index is 10.7. The third kappa shape index (κ3) is 2.46. The highest BCUT2D eigenvalue weighted by atomic mass is 32.1. The van der Waals surface area contributed by atoms with Gasteiger partial charge in [0.15, 0.2) is 0 Å². The number of carboxylic acid groups (broad SMARTS) is 1. The zero-order valence-electron chi connectivity index (χ0n) is 8.76. The van der Waals surface area contributed by atoms with Crippen molar-refractivity contribution in [3.8, 4) is 0 Å². The molecule has 2 rings (SSSR count). The quantitative estimate of drug-likeness (QED) is 0.853. The van der Waals surface area contributed by atoms with Gasteiger partial charge in [0.05, 0.1) is 23.7 Å². The lowest BCUT2D eigenvalue weighted by molar-refractivity contribution is -0.146. The standard InChI is InChI=1S/C9H10O4S.CH2O/c1-9(12-2-3-13-9)7-4-6(5-14-7)8(10)11;1-2/h4-5H,2-3H2,1H3,(H,10,11);1H2. The topological polar surface area (TPSA) is 72.8 Å². The molecule has 0 unspecified atom stereocenters. The van der Waals surface area contributed by atoms with Crippen LogP contribution in [0.5, 0.6) is 0 Å². The predicted molar refractivity (Wildman–Crippen MR) is 57.7 cm³/mol. The van der Waals surface area contributed by atoms with Gasteiger partial charge in [-0.1, -0.05) is 0 Å². The lowest BCUT2D eigenvalue weighted by atomic mass is 10.2. The molecule has 2 heterocycles. The van der Waals surface area contributed by atoms with Crippen molar-refractivity contribution in [1.29, 1.82) is 0 Å². The average molecular weight is 244 g/mol. The molecule has 16 heavy (non-hydrogen) atoms. The van der Waals surface area contributed by atoms with Gasteiger partial charge in [-0.15, -0.1) is 11.3 Å². The Morgan fingerprint density at radius 1 is 1.50 bits per heavy atom. The van der Waals surface area contributed by atoms with Crippen LogP contribution in [0.25, 0.3) is 0 Å². The third-order valence-corrected chi connectivity index (χ3v) is 3.25. The summed E-state index contributed by atoms with van der Waals surface area (Å²) in [6, 6.07) is 1.60. The van der Waals surface area contributed by atoms with E-state index in [9.17, 15) is 4.79 Å². The fourth-order valence-corrected chi connectivity index (χ4v) is 2.29. The Hall–Kier alpha value is -1.24. The van der Waals surface area contributed by atoms with Crippen LogP contribution >= 0.6 is 11.3 Å². The van der Waals surface area contributed by atoms with Crippen LogP contribution in [0.2, 0.25) is 0 Å². The largest absolute Gasteiger partial charge is 0.478 e. The van der Waals surface area contributed by atoms with Gasteiger partial charge in [-0.25, -0.2) is 4.79 Å². The molecule has 0 atom stereocenters. The van der Waals surface area contributed by atoms with E-state index in [1.54, 1.807) is 18.4 Å². The summed E-state index contributed by atoms with van der Waals surface area (Å²) in [5.41, 5.74) is 0.283. The van der Waals surface area contributed by atoms with E-state index < -0.39 is 11.8 Å². The summed E-state index contributed by atoms with van der Waals surface area (Å²) in [5.74, 6) is -1.67. The minimum atomic E-state index is -0.922. The second-order valence-corrected chi connectivity index (χ2v) is 4.06. The number of thiophene rings is 1. The van der Waals surface area contributed by atoms with Crippen LogP contribution in [0.3, 0.4) is 0 Å². The summed E-state index contributed by atoms with van der Waals surface area (Å²) in [6.45, 7) is 4.91. The summed E-state index contributed by atoms with van der Waals surface area (Å²) >= 11 is 1.34. The zero-order chi connectivity index (χ0) is 12.2. The van der Waals surface area contributed by atoms with Crippen molar-refractivity contribution in [3.05, 3.63) is 21.9 Å². The highest BCUT2D eigenvalue weighted by molar-refractivity contribution is 7.10. The molecular weight excluding hydrogens is 232 g/mol. The van der Waals surface area contributed by atoms with Crippen molar-refractivity contribution in [1.82, 2.24) is 0 Å². The number of carboxylic acids is 1. The summed E-state index contributed by atoms with van der Waals surface area (Å²) in [5, 5.41) is 10.3. The molecule has 1 aromatic heterocycles. The molecule has 0 spiro atoms. The van der Waals surface area contributed by atoms with Crippen molar-refractivity contribution in [2.45, 2.75) is 12.7 Å². The Kier molecular flexibility index (Phi) is 4.17. The first-order valence-corrected chi connectivity index (χ1v) is 5.39. The van der Waals surface area contributed by atoms with Crippen LogP contribution in [0.1, 0.15) is 22.2 Å². The Morgan fingerprint density at radius 3 is 2.50 bits per heavy atom. The molecule has 1 aliphatic heterocycles. The highest BCUT2D eigenvalue weighted by Crippen LogP contribution is 2.34. The molecule has 0 aliphatic carbocycles. The van der Waals surface area contributed by atoms with Gasteiger partial charge in [0, 0.05) is 5.38 Å². The SMILES string of the molecule is C=O.CC1(c2cc(C(=O)O)cs2)OCCO1. The number of carbonyl (C=O) groups excluding carboxylic acids is 1. The highest BCUT2D eigenvalue weighted by Gasteiger charge is 2.34. The van der Waals surface area contributed by atoms with E-state index in [0.29, 0.717) is 13.2 Å². The normalized spacial score (nSPS) is 17.6. The van der Waals surface area contributed by atoms with Crippen LogP contribution in [0.4, 0.5) is 0 Å². The minimum absolute atomic E-state index is 0.283. The number of aromatic carboxylic acids is 1. The third-order valence-electron chi connectivity index (χ3n) is 2.13. The maximum Gasteiger partial charge on any atom is 0.336 e. The van der Waals surface area contributed by atoms with Crippen molar-refractivity contribution < 1.29 is 24.2 Å². The second-order valence-electron chi connectivity index (χ2n) is 3.15. The van der Waals surface area contributed by atoms with Gasteiger partial charge in [-0.05, 0) is 13.0 Å². The summed E-state index contributed by atoms with van der Waals surface area (Å²) < 4.78 is 10.8. The Bertz CT molecular complexity index is 367. The maximum atomic E-state index is 10.7. The molecule has 0 amide bonds. The molecule has 0 saturated carbocycles. The lowest BCUT2D eigenvalue weighted by Crippen LogP contribution is -2.20. The molecule has 1 fully saturated rings. The van der Waals surface area contributed by atoms with E-state index in [2.05, 4.69) is 0 Å². The van der Waals surface area contributed by atoms with E-state index in [0.717, 1.165) is 4.88 Å². The van der Waals surface area contributed by atoms with Gasteiger partial charge in [-0.2, -0.15) is 0 Å². The molecule has 5 nitrogen and oxygen atoms in total. The van der Waals surface area contributed by atoms with Crippen molar-refractivity contribution in [2.24, 2.45) is 0 Å². The van der Waals surface area contributed by atoms with Crippen molar-refractivity contribution >= 4 is 24.1 Å². The molecule has 0 radical (unpaired) electrons. The second kappa shape index (κ2) is 5.20. The van der Waals surface area contributed by atoms with Crippen LogP contribution in [-0.4, -0.2) is 31.1 Å². The first-order valence-electron chi connectivity index (χ1n) is 4.51. The molecule has 0 bridgehead atoms. The number of hydrogen-bond donors (Lipinski definition) is 1. The minimum Gasteiger partial charge on any atom is -0.478 e. The molecule has 0 aromatic carbocycles. The fourth-order valence-electron chi connectivity index (χ4n) is 1.34. The fraction of sp³-hybridized carbons (Fsp3) is 0.400. The summed E-state index contributed by atoms with van der Waals surface area (Å²) in [4.78, 5) is 19.5. The summed E-state index contributed by atoms with van der Waals surface area (Å²) in [6.07, 6.45) is 0. The monoisotopic (exact) mass is 244 g/mol. The average Bonchev–Trinajstić information content (AvgIpc) is 2.89. The smallest absolute Gasteiger partial charge is 0.336 e. The predicted octanol–water partition coefficient (Wildman–Crippen LogP) is 1.48. The van der Waals surface area contributed by atoms with Crippen LogP contribution in [0.15, 0.2) is 11.4 Å². The van der Waals surface area contributed by atoms with Gasteiger partial charge >= 0.3 is 5.97 Å². The van der Waals surface area contributed by atoms with Gasteiger partial charge in [0.1, 0.15) is 6.79 Å². The molecule has 1 saturated heterocycles. The van der Waals surface area contributed by atoms with E-state index in [1.165, 1.54) is 11.3 Å². The van der Waals surface area contributed by atoms with Crippen LogP contribution in [0, 0.1) is 0 Å².